The van der Waals surface area contributed by atoms with Crippen LogP contribution in [0.15, 0.2) is 41.8 Å². The third-order valence-corrected chi connectivity index (χ3v) is 4.98. The summed E-state index contributed by atoms with van der Waals surface area (Å²) in [5.41, 5.74) is 0.832. The first-order valence-electron chi connectivity index (χ1n) is 8.75. The van der Waals surface area contributed by atoms with Crippen LogP contribution in [0, 0.1) is 0 Å². The van der Waals surface area contributed by atoms with Gasteiger partial charge in [-0.1, -0.05) is 24.3 Å². The molecule has 0 atom stereocenters. The molecule has 0 aliphatic rings. The average Bonchev–Trinajstić information content (AvgIpc) is 3.38. The predicted molar refractivity (Wildman–Crippen MR) is 105 cm³/mol. The van der Waals surface area contributed by atoms with E-state index in [0.717, 1.165) is 4.88 Å². The number of ether oxygens (including phenoxy) is 1. The fourth-order valence-corrected chi connectivity index (χ4v) is 3.26. The number of nitrogens with one attached hydrogen (secondary N) is 2. The molecule has 2 N–H and O–H groups in total. The highest BCUT2D eigenvalue weighted by Crippen LogP contribution is 2.15. The monoisotopic (exact) mass is 400 g/mol. The van der Waals surface area contributed by atoms with Crippen molar-refractivity contribution in [3.05, 3.63) is 52.3 Å². The van der Waals surface area contributed by atoms with E-state index in [4.69, 9.17) is 4.74 Å². The largest absolute Gasteiger partial charge is 0.451 e. The number of aromatic nitrogens is 2. The normalized spacial score (nSPS) is 10.6. The standard InChI is InChI=1S/C19H20N4O4S/c1-2-23(11-16(24)20-10-13-6-5-9-28-13)17(25)12-27-19(26)18-14-7-3-4-8-15(14)21-22-18/h3-9H,2,10-12H2,1H3,(H,20,24)(H,21,22). The molecule has 1 aromatic carbocycles. The molecule has 0 bridgehead atoms. The van der Waals surface area contributed by atoms with Crippen molar-refractivity contribution in [3.63, 3.8) is 0 Å². The van der Waals surface area contributed by atoms with Gasteiger partial charge in [0.2, 0.25) is 5.91 Å². The molecule has 2 aromatic heterocycles. The number of H-pyrrole nitrogens is 1. The van der Waals surface area contributed by atoms with Crippen molar-refractivity contribution in [2.45, 2.75) is 13.5 Å². The Morgan fingerprint density at radius 3 is 2.79 bits per heavy atom. The number of hydrogen-bond acceptors (Lipinski definition) is 6. The summed E-state index contributed by atoms with van der Waals surface area (Å²) in [7, 11) is 0. The van der Waals surface area contributed by atoms with Crippen LogP contribution in [-0.2, 0) is 20.9 Å². The Balaban J connectivity index is 1.50. The van der Waals surface area contributed by atoms with Gasteiger partial charge in [-0.2, -0.15) is 5.10 Å². The number of nitrogens with zero attached hydrogens (tertiary/aromatic N) is 2. The van der Waals surface area contributed by atoms with E-state index < -0.39 is 18.5 Å². The third kappa shape index (κ3) is 4.74. The van der Waals surface area contributed by atoms with Gasteiger partial charge in [-0.25, -0.2) is 4.79 Å². The first kappa shape index (κ1) is 19.6. The summed E-state index contributed by atoms with van der Waals surface area (Å²) in [6.07, 6.45) is 0. The van der Waals surface area contributed by atoms with Crippen LogP contribution in [0.1, 0.15) is 22.3 Å². The van der Waals surface area contributed by atoms with Gasteiger partial charge >= 0.3 is 5.97 Å². The van der Waals surface area contributed by atoms with Crippen molar-refractivity contribution in [1.29, 1.82) is 0 Å². The molecule has 0 aliphatic heterocycles. The smallest absolute Gasteiger partial charge is 0.359 e. The summed E-state index contributed by atoms with van der Waals surface area (Å²) in [6.45, 7) is 1.96. The number of carbonyl (C=O) groups excluding carboxylic acids is 3. The fraction of sp³-hybridized carbons (Fsp3) is 0.263. The van der Waals surface area contributed by atoms with Crippen LogP contribution in [0.5, 0.6) is 0 Å². The first-order chi connectivity index (χ1) is 13.6. The van der Waals surface area contributed by atoms with Crippen molar-refractivity contribution in [2.24, 2.45) is 0 Å². The molecule has 146 valence electrons. The molecule has 28 heavy (non-hydrogen) atoms. The number of amides is 2. The first-order valence-corrected chi connectivity index (χ1v) is 9.63. The van der Waals surface area contributed by atoms with Crippen LogP contribution in [0.3, 0.4) is 0 Å². The topological polar surface area (TPSA) is 104 Å². The van der Waals surface area contributed by atoms with E-state index in [9.17, 15) is 14.4 Å². The van der Waals surface area contributed by atoms with Gasteiger partial charge in [0.05, 0.1) is 18.6 Å². The van der Waals surface area contributed by atoms with Gasteiger partial charge in [-0.05, 0) is 24.4 Å². The van der Waals surface area contributed by atoms with Crippen LogP contribution in [0.25, 0.3) is 10.9 Å². The molecule has 0 saturated carbocycles. The molecule has 9 heteroatoms. The number of rotatable bonds is 8. The number of para-hydroxylation sites is 1. The maximum atomic E-state index is 12.3. The quantitative estimate of drug-likeness (QED) is 0.563. The van der Waals surface area contributed by atoms with E-state index >= 15 is 0 Å². The van der Waals surface area contributed by atoms with E-state index in [2.05, 4.69) is 15.5 Å². The second-order valence-electron chi connectivity index (χ2n) is 5.96. The zero-order chi connectivity index (χ0) is 19.9. The molecule has 3 aromatic rings. The molecule has 0 aliphatic carbocycles. The minimum Gasteiger partial charge on any atom is -0.451 e. The van der Waals surface area contributed by atoms with E-state index in [1.54, 1.807) is 36.5 Å². The van der Waals surface area contributed by atoms with Gasteiger partial charge in [0, 0.05) is 16.8 Å². The van der Waals surface area contributed by atoms with Crippen LogP contribution in [0.4, 0.5) is 0 Å². The Morgan fingerprint density at radius 1 is 1.21 bits per heavy atom. The van der Waals surface area contributed by atoms with Crippen LogP contribution >= 0.6 is 11.3 Å². The average molecular weight is 400 g/mol. The number of aromatic amines is 1. The summed E-state index contributed by atoms with van der Waals surface area (Å²) in [6, 6.07) is 11.0. The lowest BCUT2D eigenvalue weighted by atomic mass is 10.2. The number of hydrogen-bond donors (Lipinski definition) is 2. The van der Waals surface area contributed by atoms with Crippen molar-refractivity contribution in [1.82, 2.24) is 20.4 Å². The molecule has 2 amide bonds. The second kappa shape index (κ2) is 9.14. The molecule has 0 fully saturated rings. The molecule has 2 heterocycles. The SMILES string of the molecule is CCN(CC(=O)NCc1cccs1)C(=O)COC(=O)c1n[nH]c2ccccc12. The Labute approximate surface area is 165 Å². The lowest BCUT2D eigenvalue weighted by molar-refractivity contribution is -0.138. The lowest BCUT2D eigenvalue weighted by Crippen LogP contribution is -2.42. The van der Waals surface area contributed by atoms with Crippen molar-refractivity contribution < 1.29 is 19.1 Å². The molecule has 0 spiro atoms. The maximum absolute atomic E-state index is 12.3. The Hall–Kier alpha value is -3.20. The van der Waals surface area contributed by atoms with Gasteiger partial charge in [0.15, 0.2) is 12.3 Å². The van der Waals surface area contributed by atoms with Gasteiger partial charge in [-0.3, -0.25) is 14.7 Å². The van der Waals surface area contributed by atoms with Crippen molar-refractivity contribution in [3.8, 4) is 0 Å². The number of carbonyl (C=O) groups is 3. The van der Waals surface area contributed by atoms with Gasteiger partial charge in [0.25, 0.3) is 5.91 Å². The minimum absolute atomic E-state index is 0.0937. The zero-order valence-corrected chi connectivity index (χ0v) is 16.1. The minimum atomic E-state index is -0.691. The number of fused-ring (bicyclic) bond motifs is 1. The highest BCUT2D eigenvalue weighted by atomic mass is 32.1. The van der Waals surface area contributed by atoms with Crippen LogP contribution in [0.2, 0.25) is 0 Å². The number of esters is 1. The summed E-state index contributed by atoms with van der Waals surface area (Å²) < 4.78 is 5.10. The Morgan fingerprint density at radius 2 is 2.04 bits per heavy atom. The summed E-state index contributed by atoms with van der Waals surface area (Å²) >= 11 is 1.55. The predicted octanol–water partition coefficient (Wildman–Crippen LogP) is 1.95. The third-order valence-electron chi connectivity index (χ3n) is 4.10. The summed E-state index contributed by atoms with van der Waals surface area (Å²) in [4.78, 5) is 39.0. The lowest BCUT2D eigenvalue weighted by Gasteiger charge is -2.20. The van der Waals surface area contributed by atoms with E-state index in [0.29, 0.717) is 24.0 Å². The van der Waals surface area contributed by atoms with Crippen LogP contribution < -0.4 is 5.32 Å². The highest BCUT2D eigenvalue weighted by molar-refractivity contribution is 7.09. The van der Waals surface area contributed by atoms with Gasteiger partial charge in [-0.15, -0.1) is 11.3 Å². The molecule has 3 rings (SSSR count). The maximum Gasteiger partial charge on any atom is 0.359 e. The van der Waals surface area contributed by atoms with E-state index in [1.165, 1.54) is 4.90 Å². The van der Waals surface area contributed by atoms with Gasteiger partial charge < -0.3 is 15.0 Å². The van der Waals surface area contributed by atoms with E-state index in [-0.39, 0.29) is 18.1 Å². The highest BCUT2D eigenvalue weighted by Gasteiger charge is 2.20. The fourth-order valence-electron chi connectivity index (χ4n) is 2.61. The number of thiophene rings is 1. The molecular weight excluding hydrogens is 380 g/mol. The molecule has 8 nitrogen and oxygen atoms in total. The van der Waals surface area contributed by atoms with Crippen molar-refractivity contribution >= 4 is 40.0 Å². The molecule has 0 saturated heterocycles. The molecule has 0 unspecified atom stereocenters. The molecule has 0 radical (unpaired) electrons. The number of benzene rings is 1. The van der Waals surface area contributed by atoms with Gasteiger partial charge in [0.1, 0.15) is 0 Å². The Bertz CT molecular complexity index is 967. The second-order valence-corrected chi connectivity index (χ2v) is 6.99. The van der Waals surface area contributed by atoms with Crippen molar-refractivity contribution in [2.75, 3.05) is 19.7 Å². The number of likely N-dealkylation sites (N-methyl/N-ethyl adjacent to an activating group) is 1. The van der Waals surface area contributed by atoms with Crippen LogP contribution in [-0.4, -0.2) is 52.6 Å². The summed E-state index contributed by atoms with van der Waals surface area (Å²) in [5, 5.41) is 12.0. The zero-order valence-electron chi connectivity index (χ0n) is 15.3. The Kier molecular flexibility index (Phi) is 6.38. The summed E-state index contributed by atoms with van der Waals surface area (Å²) in [5.74, 6) is -1.40. The molecular formula is C19H20N4O4S. The van der Waals surface area contributed by atoms with E-state index in [1.807, 2.05) is 23.6 Å².